The van der Waals surface area contributed by atoms with Crippen LogP contribution in [0, 0.1) is 11.8 Å². The highest BCUT2D eigenvalue weighted by Gasteiger charge is 2.32. The molecule has 35 heavy (non-hydrogen) atoms. The molecule has 2 heterocycles. The Hall–Kier alpha value is -3.55. The van der Waals surface area contributed by atoms with Gasteiger partial charge < -0.3 is 15.4 Å². The van der Waals surface area contributed by atoms with Crippen LogP contribution in [0.15, 0.2) is 48.8 Å². The van der Waals surface area contributed by atoms with Gasteiger partial charge in [-0.1, -0.05) is 50.2 Å². The third-order valence-corrected chi connectivity index (χ3v) is 5.90. The van der Waals surface area contributed by atoms with Crippen LogP contribution in [0.3, 0.4) is 0 Å². The average Bonchev–Trinajstić information content (AvgIpc) is 2.85. The molecule has 186 valence electrons. The van der Waals surface area contributed by atoms with Crippen LogP contribution in [0.5, 0.6) is 0 Å². The first-order chi connectivity index (χ1) is 16.8. The fraction of sp³-hybridized carbons (Fsp3) is 0.444. The Morgan fingerprint density at radius 1 is 1.14 bits per heavy atom. The van der Waals surface area contributed by atoms with Gasteiger partial charge in [0.1, 0.15) is 6.61 Å². The summed E-state index contributed by atoms with van der Waals surface area (Å²) in [6.45, 7) is 4.35. The molecule has 2 amide bonds. The molecule has 0 radical (unpaired) electrons. The maximum Gasteiger partial charge on any atom is 0.408 e. The van der Waals surface area contributed by atoms with Crippen LogP contribution in [-0.2, 0) is 38.6 Å². The minimum absolute atomic E-state index is 0.0832. The summed E-state index contributed by atoms with van der Waals surface area (Å²) in [4.78, 5) is 55.4. The predicted octanol–water partition coefficient (Wildman–Crippen LogP) is 3.17. The minimum Gasteiger partial charge on any atom is -0.445 e. The van der Waals surface area contributed by atoms with Gasteiger partial charge >= 0.3 is 6.09 Å². The standard InChI is InChI=1S/C27H33N3O5/c1-18(2)11-23(30-27(34)35-17-19-7-4-3-5-8-19)24(31)14-22-13-21-12-20(15-28-16-21)9-6-10-29-26(33)25(22)32/h3-5,7-8,12,15-16,18,22-23H,6,9-11,13-14,17H2,1-2H3,(H,29,33)(H,30,34). The van der Waals surface area contributed by atoms with E-state index in [1.165, 1.54) is 0 Å². The molecular weight excluding hydrogens is 446 g/mol. The third kappa shape index (κ3) is 8.31. The second-order valence-electron chi connectivity index (χ2n) is 9.38. The number of carbonyl (C=O) groups is 4. The second kappa shape index (κ2) is 12.8. The molecule has 3 rings (SSSR count). The number of aryl methyl sites for hydroxylation is 1. The van der Waals surface area contributed by atoms with Crippen LogP contribution in [-0.4, -0.2) is 41.1 Å². The first-order valence-corrected chi connectivity index (χ1v) is 12.1. The molecule has 2 unspecified atom stereocenters. The van der Waals surface area contributed by atoms with Gasteiger partial charge in [-0.15, -0.1) is 0 Å². The van der Waals surface area contributed by atoms with Crippen LogP contribution < -0.4 is 10.6 Å². The topological polar surface area (TPSA) is 114 Å². The number of rotatable bonds is 8. The number of Topliss-reactive ketones (excluding diaryl/α,β-unsaturated/α-hetero) is 2. The number of hydrogen-bond acceptors (Lipinski definition) is 6. The Morgan fingerprint density at radius 2 is 1.89 bits per heavy atom. The van der Waals surface area contributed by atoms with E-state index in [9.17, 15) is 19.2 Å². The molecule has 2 bridgehead atoms. The normalized spacial score (nSPS) is 17.2. The highest BCUT2D eigenvalue weighted by Crippen LogP contribution is 2.19. The van der Waals surface area contributed by atoms with Gasteiger partial charge in [-0.25, -0.2) is 4.79 Å². The van der Waals surface area contributed by atoms with Crippen molar-refractivity contribution in [2.75, 3.05) is 6.54 Å². The summed E-state index contributed by atoms with van der Waals surface area (Å²) in [7, 11) is 0. The first-order valence-electron chi connectivity index (χ1n) is 12.1. The van der Waals surface area contributed by atoms with Crippen molar-refractivity contribution >= 4 is 23.6 Å². The minimum atomic E-state index is -0.838. The van der Waals surface area contributed by atoms with E-state index in [0.717, 1.165) is 23.1 Å². The van der Waals surface area contributed by atoms with E-state index in [1.54, 1.807) is 12.4 Å². The number of alkyl carbamates (subject to hydrolysis) is 1. The third-order valence-electron chi connectivity index (χ3n) is 5.90. The van der Waals surface area contributed by atoms with Gasteiger partial charge in [0.25, 0.3) is 5.91 Å². The van der Waals surface area contributed by atoms with Crippen molar-refractivity contribution in [1.82, 2.24) is 15.6 Å². The van der Waals surface area contributed by atoms with Crippen molar-refractivity contribution in [3.63, 3.8) is 0 Å². The van der Waals surface area contributed by atoms with E-state index < -0.39 is 29.7 Å². The number of hydrogen-bond donors (Lipinski definition) is 2. The first kappa shape index (κ1) is 26.1. The van der Waals surface area contributed by atoms with Gasteiger partial charge in [0.05, 0.1) is 6.04 Å². The number of amides is 2. The van der Waals surface area contributed by atoms with Crippen LogP contribution in [0.2, 0.25) is 0 Å². The van der Waals surface area contributed by atoms with Gasteiger partial charge in [-0.05, 0) is 48.3 Å². The molecule has 8 heteroatoms. The lowest BCUT2D eigenvalue weighted by Gasteiger charge is -2.22. The van der Waals surface area contributed by atoms with E-state index in [0.29, 0.717) is 19.4 Å². The molecule has 1 aromatic carbocycles. The monoisotopic (exact) mass is 479 g/mol. The van der Waals surface area contributed by atoms with Crippen LogP contribution in [0.1, 0.15) is 49.8 Å². The molecule has 1 aliphatic rings. The number of benzene rings is 1. The molecule has 2 N–H and O–H groups in total. The molecule has 1 aliphatic heterocycles. The fourth-order valence-electron chi connectivity index (χ4n) is 4.13. The van der Waals surface area contributed by atoms with Crippen LogP contribution in [0.4, 0.5) is 4.79 Å². The Bertz CT molecular complexity index is 1040. The zero-order valence-electron chi connectivity index (χ0n) is 20.3. The van der Waals surface area contributed by atoms with Crippen LogP contribution in [0.25, 0.3) is 0 Å². The van der Waals surface area contributed by atoms with Gasteiger partial charge in [-0.3, -0.25) is 19.4 Å². The number of ketones is 2. The van der Waals surface area contributed by atoms with Crippen molar-refractivity contribution in [2.24, 2.45) is 11.8 Å². The number of carbonyl (C=O) groups excluding carboxylic acids is 4. The summed E-state index contributed by atoms with van der Waals surface area (Å²) in [6, 6.07) is 10.4. The van der Waals surface area contributed by atoms with Gasteiger partial charge in [0.2, 0.25) is 5.78 Å². The molecule has 0 aliphatic carbocycles. The Kier molecular flexibility index (Phi) is 9.52. The zero-order valence-corrected chi connectivity index (χ0v) is 20.3. The molecule has 2 atom stereocenters. The molecule has 8 nitrogen and oxygen atoms in total. The van der Waals surface area contributed by atoms with Crippen molar-refractivity contribution in [1.29, 1.82) is 0 Å². The van der Waals surface area contributed by atoms with Crippen molar-refractivity contribution in [3.8, 4) is 0 Å². The lowest BCUT2D eigenvalue weighted by molar-refractivity contribution is -0.141. The molecule has 0 saturated carbocycles. The Labute approximate surface area is 205 Å². The number of nitrogens with zero attached hydrogens (tertiary/aromatic N) is 1. The largest absolute Gasteiger partial charge is 0.445 e. The van der Waals surface area contributed by atoms with E-state index in [-0.39, 0.29) is 31.1 Å². The molecule has 0 fully saturated rings. The van der Waals surface area contributed by atoms with Crippen LogP contribution >= 0.6 is 0 Å². The lowest BCUT2D eigenvalue weighted by atomic mass is 9.87. The van der Waals surface area contributed by atoms with Crippen molar-refractivity contribution in [2.45, 2.75) is 58.6 Å². The maximum atomic E-state index is 13.3. The molecule has 0 saturated heterocycles. The highest BCUT2D eigenvalue weighted by molar-refractivity contribution is 6.37. The maximum absolute atomic E-state index is 13.3. The number of aromatic nitrogens is 1. The zero-order chi connectivity index (χ0) is 25.2. The number of fused-ring (bicyclic) bond motifs is 2. The summed E-state index contributed by atoms with van der Waals surface area (Å²) in [6.07, 6.45) is 4.63. The Morgan fingerprint density at radius 3 is 2.63 bits per heavy atom. The highest BCUT2D eigenvalue weighted by atomic mass is 16.5. The SMILES string of the molecule is CC(C)CC(NC(=O)OCc1ccccc1)C(=O)CC1Cc2cncc(c2)CCCNC(=O)C1=O. The number of ether oxygens (including phenoxy) is 1. The van der Waals surface area contributed by atoms with Gasteiger partial charge in [-0.2, -0.15) is 0 Å². The predicted molar refractivity (Wildman–Crippen MR) is 130 cm³/mol. The van der Waals surface area contributed by atoms with E-state index >= 15 is 0 Å². The van der Waals surface area contributed by atoms with Crippen molar-refractivity contribution in [3.05, 3.63) is 65.5 Å². The van der Waals surface area contributed by atoms with E-state index in [4.69, 9.17) is 4.74 Å². The lowest BCUT2D eigenvalue weighted by Crippen LogP contribution is -2.44. The van der Waals surface area contributed by atoms with E-state index in [1.807, 2.05) is 50.2 Å². The average molecular weight is 480 g/mol. The molecular formula is C27H33N3O5. The van der Waals surface area contributed by atoms with Crippen molar-refractivity contribution < 1.29 is 23.9 Å². The summed E-state index contributed by atoms with van der Waals surface area (Å²) in [5.74, 6) is -2.33. The quantitative estimate of drug-likeness (QED) is 0.562. The summed E-state index contributed by atoms with van der Waals surface area (Å²) in [5, 5.41) is 5.32. The number of pyridine rings is 1. The molecule has 0 spiro atoms. The Balaban J connectivity index is 1.70. The smallest absolute Gasteiger partial charge is 0.408 e. The molecule has 1 aromatic heterocycles. The van der Waals surface area contributed by atoms with Gasteiger partial charge in [0, 0.05) is 31.3 Å². The number of nitrogens with one attached hydrogen (secondary N) is 2. The fourth-order valence-corrected chi connectivity index (χ4v) is 4.13. The molecule has 2 aromatic rings. The van der Waals surface area contributed by atoms with E-state index in [2.05, 4.69) is 15.6 Å². The van der Waals surface area contributed by atoms with Gasteiger partial charge in [0.15, 0.2) is 5.78 Å². The summed E-state index contributed by atoms with van der Waals surface area (Å²) in [5.41, 5.74) is 2.66. The summed E-state index contributed by atoms with van der Waals surface area (Å²) >= 11 is 0. The summed E-state index contributed by atoms with van der Waals surface area (Å²) < 4.78 is 5.29. The second-order valence-corrected chi connectivity index (χ2v) is 9.38.